The third kappa shape index (κ3) is 5.77. The zero-order chi connectivity index (χ0) is 19.3. The number of aliphatic carboxylic acids is 1. The van der Waals surface area contributed by atoms with Crippen molar-refractivity contribution in [1.82, 2.24) is 5.32 Å². The molecule has 2 N–H and O–H groups in total. The molecule has 1 heterocycles. The van der Waals surface area contributed by atoms with Gasteiger partial charge in [0.2, 0.25) is 0 Å². The summed E-state index contributed by atoms with van der Waals surface area (Å²) in [5, 5.41) is 11.8. The van der Waals surface area contributed by atoms with Gasteiger partial charge in [-0.15, -0.1) is 11.3 Å². The smallest absolute Gasteiger partial charge is 0.408 e. The molecule has 1 atom stereocenters. The van der Waals surface area contributed by atoms with E-state index in [2.05, 4.69) is 5.32 Å². The number of amides is 1. The molecule has 7 heteroatoms. The normalized spacial score (nSPS) is 12.3. The molecule has 0 radical (unpaired) electrons. The van der Waals surface area contributed by atoms with Crippen molar-refractivity contribution in [2.24, 2.45) is 0 Å². The maximum atomic E-state index is 11.8. The van der Waals surface area contributed by atoms with Gasteiger partial charge in [-0.05, 0) is 62.7 Å². The van der Waals surface area contributed by atoms with Crippen molar-refractivity contribution < 1.29 is 24.2 Å². The standard InChI is InChI=1S/C19H23NO5S/c1-19(2,3)25-18(23)20-15(17(21)22)11-14-9-10-16(26-14)12-5-7-13(24-4)8-6-12/h5-10,15H,11H2,1-4H3,(H,20,23)(H,21,22). The van der Waals surface area contributed by atoms with Crippen LogP contribution in [0.2, 0.25) is 0 Å². The molecule has 2 aromatic rings. The summed E-state index contributed by atoms with van der Waals surface area (Å²) in [5.74, 6) is -0.326. The quantitative estimate of drug-likeness (QED) is 0.796. The Morgan fingerprint density at radius 3 is 2.35 bits per heavy atom. The molecule has 0 bridgehead atoms. The number of ether oxygens (including phenoxy) is 2. The minimum Gasteiger partial charge on any atom is -0.497 e. The van der Waals surface area contributed by atoms with E-state index in [9.17, 15) is 14.7 Å². The third-order valence-electron chi connectivity index (χ3n) is 3.43. The third-order valence-corrected chi connectivity index (χ3v) is 4.59. The molecular weight excluding hydrogens is 354 g/mol. The Morgan fingerprint density at radius 1 is 1.15 bits per heavy atom. The predicted molar refractivity (Wildman–Crippen MR) is 101 cm³/mol. The Morgan fingerprint density at radius 2 is 1.81 bits per heavy atom. The van der Waals surface area contributed by atoms with Crippen molar-refractivity contribution in [1.29, 1.82) is 0 Å². The summed E-state index contributed by atoms with van der Waals surface area (Å²) in [4.78, 5) is 25.2. The lowest BCUT2D eigenvalue weighted by molar-refractivity contribution is -0.139. The second kappa shape index (κ2) is 8.23. The van der Waals surface area contributed by atoms with Crippen LogP contribution in [0, 0.1) is 0 Å². The van der Waals surface area contributed by atoms with Gasteiger partial charge in [-0.2, -0.15) is 0 Å². The van der Waals surface area contributed by atoms with Gasteiger partial charge in [0.25, 0.3) is 0 Å². The molecule has 2 rings (SSSR count). The molecule has 1 aromatic carbocycles. The molecule has 1 amide bonds. The zero-order valence-corrected chi connectivity index (χ0v) is 16.1. The highest BCUT2D eigenvalue weighted by atomic mass is 32.1. The second-order valence-electron chi connectivity index (χ2n) is 6.74. The number of methoxy groups -OCH3 is 1. The van der Waals surface area contributed by atoms with E-state index in [0.29, 0.717) is 0 Å². The summed E-state index contributed by atoms with van der Waals surface area (Å²) >= 11 is 1.49. The number of carbonyl (C=O) groups is 2. The summed E-state index contributed by atoms with van der Waals surface area (Å²) in [6, 6.07) is 10.4. The monoisotopic (exact) mass is 377 g/mol. The molecular formula is C19H23NO5S. The molecule has 0 fully saturated rings. The molecule has 0 aliphatic heterocycles. The van der Waals surface area contributed by atoms with E-state index in [0.717, 1.165) is 21.1 Å². The Balaban J connectivity index is 2.06. The first-order chi connectivity index (χ1) is 12.2. The molecule has 0 aliphatic carbocycles. The van der Waals surface area contributed by atoms with Gasteiger partial charge < -0.3 is 19.9 Å². The number of thiophene rings is 1. The van der Waals surface area contributed by atoms with E-state index in [1.165, 1.54) is 11.3 Å². The predicted octanol–water partition coefficient (Wildman–Crippen LogP) is 3.94. The van der Waals surface area contributed by atoms with E-state index in [1.807, 2.05) is 36.4 Å². The van der Waals surface area contributed by atoms with Crippen molar-refractivity contribution in [3.05, 3.63) is 41.3 Å². The number of hydrogen-bond acceptors (Lipinski definition) is 5. The average Bonchev–Trinajstić information content (AvgIpc) is 3.01. The maximum absolute atomic E-state index is 11.8. The fourth-order valence-corrected chi connectivity index (χ4v) is 3.31. The van der Waals surface area contributed by atoms with Gasteiger partial charge in [0.15, 0.2) is 0 Å². The second-order valence-corrected chi connectivity index (χ2v) is 7.90. The highest BCUT2D eigenvalue weighted by Crippen LogP contribution is 2.30. The molecule has 0 aliphatic rings. The lowest BCUT2D eigenvalue weighted by atomic mass is 10.1. The number of benzene rings is 1. The Kier molecular flexibility index (Phi) is 6.26. The molecule has 0 saturated heterocycles. The highest BCUT2D eigenvalue weighted by molar-refractivity contribution is 7.15. The first-order valence-electron chi connectivity index (χ1n) is 8.13. The van der Waals surface area contributed by atoms with Crippen LogP contribution in [-0.4, -0.2) is 35.9 Å². The van der Waals surface area contributed by atoms with E-state index in [4.69, 9.17) is 9.47 Å². The topological polar surface area (TPSA) is 84.9 Å². The van der Waals surface area contributed by atoms with Crippen LogP contribution in [-0.2, 0) is 16.0 Å². The first-order valence-corrected chi connectivity index (χ1v) is 8.95. The highest BCUT2D eigenvalue weighted by Gasteiger charge is 2.24. The number of carbonyl (C=O) groups excluding carboxylic acids is 1. The van der Waals surface area contributed by atoms with Crippen molar-refractivity contribution in [3.8, 4) is 16.2 Å². The number of rotatable bonds is 6. The lowest BCUT2D eigenvalue weighted by Gasteiger charge is -2.21. The van der Waals surface area contributed by atoms with Gasteiger partial charge >= 0.3 is 12.1 Å². The molecule has 0 spiro atoms. The number of hydrogen-bond donors (Lipinski definition) is 2. The van der Waals surface area contributed by atoms with Gasteiger partial charge in [-0.3, -0.25) is 0 Å². The number of carboxylic acid groups (broad SMARTS) is 1. The fourth-order valence-electron chi connectivity index (χ4n) is 2.25. The maximum Gasteiger partial charge on any atom is 0.408 e. The Labute approximate surface area is 156 Å². The molecule has 6 nitrogen and oxygen atoms in total. The van der Waals surface area contributed by atoms with Gasteiger partial charge in [0.05, 0.1) is 7.11 Å². The summed E-state index contributed by atoms with van der Waals surface area (Å²) in [6.07, 6.45) is -0.549. The van der Waals surface area contributed by atoms with Gasteiger partial charge in [-0.25, -0.2) is 9.59 Å². The SMILES string of the molecule is COc1ccc(-c2ccc(CC(NC(=O)OC(C)(C)C)C(=O)O)s2)cc1. The molecule has 1 unspecified atom stereocenters. The number of alkyl carbamates (subject to hydrolysis) is 1. The zero-order valence-electron chi connectivity index (χ0n) is 15.2. The van der Waals surface area contributed by atoms with E-state index in [1.54, 1.807) is 27.9 Å². The Hall–Kier alpha value is -2.54. The van der Waals surface area contributed by atoms with E-state index >= 15 is 0 Å². The Bertz CT molecular complexity index is 761. The van der Waals surface area contributed by atoms with Gasteiger partial charge in [-0.1, -0.05) is 0 Å². The summed E-state index contributed by atoms with van der Waals surface area (Å²) in [7, 11) is 1.61. The lowest BCUT2D eigenvalue weighted by Crippen LogP contribution is -2.44. The summed E-state index contributed by atoms with van der Waals surface area (Å²) in [5.41, 5.74) is 0.339. The van der Waals surface area contributed by atoms with Gasteiger partial charge in [0, 0.05) is 16.2 Å². The fraction of sp³-hybridized carbons (Fsp3) is 0.368. The van der Waals surface area contributed by atoms with Crippen molar-refractivity contribution in [2.75, 3.05) is 7.11 Å². The molecule has 140 valence electrons. The van der Waals surface area contributed by atoms with E-state index in [-0.39, 0.29) is 6.42 Å². The van der Waals surface area contributed by atoms with Crippen molar-refractivity contribution in [2.45, 2.75) is 38.8 Å². The largest absolute Gasteiger partial charge is 0.497 e. The average molecular weight is 377 g/mol. The van der Waals surface area contributed by atoms with Crippen LogP contribution in [0.1, 0.15) is 25.6 Å². The van der Waals surface area contributed by atoms with Crippen LogP contribution >= 0.6 is 11.3 Å². The summed E-state index contributed by atoms with van der Waals surface area (Å²) in [6.45, 7) is 5.17. The minimum absolute atomic E-state index is 0.190. The van der Waals surface area contributed by atoms with Crippen LogP contribution in [0.15, 0.2) is 36.4 Å². The van der Waals surface area contributed by atoms with Gasteiger partial charge in [0.1, 0.15) is 17.4 Å². The van der Waals surface area contributed by atoms with Crippen LogP contribution in [0.4, 0.5) is 4.79 Å². The van der Waals surface area contributed by atoms with Crippen LogP contribution in [0.5, 0.6) is 5.75 Å². The van der Waals surface area contributed by atoms with Crippen LogP contribution < -0.4 is 10.1 Å². The molecule has 0 saturated carbocycles. The molecule has 1 aromatic heterocycles. The number of nitrogens with one attached hydrogen (secondary N) is 1. The van der Waals surface area contributed by atoms with Crippen LogP contribution in [0.25, 0.3) is 10.4 Å². The van der Waals surface area contributed by atoms with E-state index < -0.39 is 23.7 Å². The first kappa shape index (κ1) is 19.8. The number of carboxylic acids is 1. The minimum atomic E-state index is -1.10. The van der Waals surface area contributed by atoms with Crippen molar-refractivity contribution >= 4 is 23.4 Å². The van der Waals surface area contributed by atoms with Crippen molar-refractivity contribution in [3.63, 3.8) is 0 Å². The van der Waals surface area contributed by atoms with Crippen LogP contribution in [0.3, 0.4) is 0 Å². The molecule has 26 heavy (non-hydrogen) atoms. The summed E-state index contributed by atoms with van der Waals surface area (Å²) < 4.78 is 10.3.